The van der Waals surface area contributed by atoms with Gasteiger partial charge in [0.1, 0.15) is 0 Å². The van der Waals surface area contributed by atoms with Gasteiger partial charge in [-0.1, -0.05) is 18.5 Å². The van der Waals surface area contributed by atoms with E-state index >= 15 is 0 Å². The fourth-order valence-corrected chi connectivity index (χ4v) is 1.73. The maximum Gasteiger partial charge on any atom is 0.241 e. The Hall–Kier alpha value is -1.26. The molecule has 1 aromatic rings. The molecule has 100 valence electrons. The largest absolute Gasteiger partial charge is 0.397 e. The second kappa shape index (κ2) is 6.61. The van der Waals surface area contributed by atoms with E-state index in [1.807, 2.05) is 18.9 Å². The average molecular weight is 270 g/mol. The van der Waals surface area contributed by atoms with Crippen LogP contribution in [0.3, 0.4) is 0 Å². The molecular weight excluding hydrogens is 250 g/mol. The molecule has 1 rings (SSSR count). The highest BCUT2D eigenvalue weighted by Crippen LogP contribution is 2.22. The predicted octanol–water partition coefficient (Wildman–Crippen LogP) is 2.59. The number of nitrogens with zero attached hydrogens (tertiary/aromatic N) is 1. The SMILES string of the molecule is CCCN(C)C(C)C(=O)Nc1ccc(Cl)c(N)c1. The molecule has 1 amide bonds. The van der Waals surface area contributed by atoms with E-state index in [2.05, 4.69) is 12.2 Å². The van der Waals surface area contributed by atoms with Gasteiger partial charge >= 0.3 is 0 Å². The first kappa shape index (κ1) is 14.8. The van der Waals surface area contributed by atoms with Gasteiger partial charge in [0.05, 0.1) is 16.8 Å². The third-order valence-electron chi connectivity index (χ3n) is 2.88. The van der Waals surface area contributed by atoms with Gasteiger partial charge in [-0.3, -0.25) is 9.69 Å². The normalized spacial score (nSPS) is 12.5. The summed E-state index contributed by atoms with van der Waals surface area (Å²) in [4.78, 5) is 14.0. The highest BCUT2D eigenvalue weighted by atomic mass is 35.5. The molecule has 5 heteroatoms. The Morgan fingerprint density at radius 1 is 1.56 bits per heavy atom. The highest BCUT2D eigenvalue weighted by molar-refractivity contribution is 6.33. The maximum atomic E-state index is 12.0. The third-order valence-corrected chi connectivity index (χ3v) is 3.22. The molecule has 0 aliphatic heterocycles. The summed E-state index contributed by atoms with van der Waals surface area (Å²) in [6, 6.07) is 4.89. The molecule has 18 heavy (non-hydrogen) atoms. The van der Waals surface area contributed by atoms with Crippen molar-refractivity contribution in [2.45, 2.75) is 26.3 Å². The first-order valence-electron chi connectivity index (χ1n) is 6.01. The van der Waals surface area contributed by atoms with E-state index in [4.69, 9.17) is 17.3 Å². The number of amides is 1. The molecule has 1 unspecified atom stereocenters. The number of benzene rings is 1. The van der Waals surface area contributed by atoms with Crippen LogP contribution < -0.4 is 11.1 Å². The number of hydrogen-bond donors (Lipinski definition) is 2. The Labute approximate surface area is 113 Å². The zero-order valence-electron chi connectivity index (χ0n) is 11.0. The van der Waals surface area contributed by atoms with E-state index in [0.29, 0.717) is 16.4 Å². The standard InChI is InChI=1S/C13H20ClN3O/c1-4-7-17(3)9(2)13(18)16-10-5-6-11(14)12(15)8-10/h5-6,8-9H,4,7,15H2,1-3H3,(H,16,18). The van der Waals surface area contributed by atoms with Crippen molar-refractivity contribution in [3.63, 3.8) is 0 Å². The molecule has 0 aliphatic rings. The molecule has 0 saturated carbocycles. The lowest BCUT2D eigenvalue weighted by atomic mass is 10.2. The van der Waals surface area contributed by atoms with Gasteiger partial charge in [-0.15, -0.1) is 0 Å². The Bertz CT molecular complexity index is 423. The Kier molecular flexibility index (Phi) is 5.44. The molecule has 0 spiro atoms. The fourth-order valence-electron chi connectivity index (χ4n) is 1.61. The van der Waals surface area contributed by atoms with Crippen LogP contribution in [0.5, 0.6) is 0 Å². The van der Waals surface area contributed by atoms with E-state index < -0.39 is 0 Å². The topological polar surface area (TPSA) is 58.4 Å². The summed E-state index contributed by atoms with van der Waals surface area (Å²) in [6.07, 6.45) is 1.02. The number of carbonyl (C=O) groups is 1. The molecule has 0 radical (unpaired) electrons. The smallest absolute Gasteiger partial charge is 0.241 e. The number of carbonyl (C=O) groups excluding carboxylic acids is 1. The van der Waals surface area contributed by atoms with Crippen LogP contribution in [0.25, 0.3) is 0 Å². The average Bonchev–Trinajstić information content (AvgIpc) is 2.33. The van der Waals surface area contributed by atoms with Gasteiger partial charge in [0.25, 0.3) is 0 Å². The van der Waals surface area contributed by atoms with Crippen LogP contribution in [0, 0.1) is 0 Å². The van der Waals surface area contributed by atoms with E-state index in [1.165, 1.54) is 0 Å². The lowest BCUT2D eigenvalue weighted by Gasteiger charge is -2.23. The van der Waals surface area contributed by atoms with Gasteiger partial charge in [0, 0.05) is 5.69 Å². The first-order valence-corrected chi connectivity index (χ1v) is 6.39. The Balaban J connectivity index is 2.66. The van der Waals surface area contributed by atoms with E-state index in [-0.39, 0.29) is 11.9 Å². The zero-order valence-corrected chi connectivity index (χ0v) is 11.8. The molecule has 1 aromatic carbocycles. The van der Waals surface area contributed by atoms with Gasteiger partial charge in [-0.2, -0.15) is 0 Å². The Morgan fingerprint density at radius 3 is 2.78 bits per heavy atom. The monoisotopic (exact) mass is 269 g/mol. The van der Waals surface area contributed by atoms with E-state index in [1.54, 1.807) is 18.2 Å². The molecular formula is C13H20ClN3O. The molecule has 0 fully saturated rings. The summed E-state index contributed by atoms with van der Waals surface area (Å²) >= 11 is 5.83. The minimum atomic E-state index is -0.179. The van der Waals surface area contributed by atoms with Crippen LogP contribution in [-0.4, -0.2) is 30.4 Å². The van der Waals surface area contributed by atoms with Crippen molar-refractivity contribution >= 4 is 28.9 Å². The minimum absolute atomic E-state index is 0.0485. The van der Waals surface area contributed by atoms with Gasteiger partial charge < -0.3 is 11.1 Å². The lowest BCUT2D eigenvalue weighted by Crippen LogP contribution is -2.39. The highest BCUT2D eigenvalue weighted by Gasteiger charge is 2.17. The molecule has 0 saturated heterocycles. The van der Waals surface area contributed by atoms with E-state index in [0.717, 1.165) is 13.0 Å². The van der Waals surface area contributed by atoms with Crippen molar-refractivity contribution in [1.82, 2.24) is 4.90 Å². The molecule has 0 aliphatic carbocycles. The van der Waals surface area contributed by atoms with Crippen LogP contribution in [0.4, 0.5) is 11.4 Å². The fraction of sp³-hybridized carbons (Fsp3) is 0.462. The molecule has 3 N–H and O–H groups in total. The number of halogens is 1. The molecule has 4 nitrogen and oxygen atoms in total. The Morgan fingerprint density at radius 2 is 2.22 bits per heavy atom. The van der Waals surface area contributed by atoms with Crippen LogP contribution >= 0.6 is 11.6 Å². The van der Waals surface area contributed by atoms with Crippen molar-refractivity contribution < 1.29 is 4.79 Å². The predicted molar refractivity (Wildman–Crippen MR) is 76.9 cm³/mol. The number of nitrogens with two attached hydrogens (primary N) is 1. The van der Waals surface area contributed by atoms with Crippen molar-refractivity contribution in [3.05, 3.63) is 23.2 Å². The summed E-state index contributed by atoms with van der Waals surface area (Å²) < 4.78 is 0. The maximum absolute atomic E-state index is 12.0. The summed E-state index contributed by atoms with van der Waals surface area (Å²) in [7, 11) is 1.93. The molecule has 0 bridgehead atoms. The molecule has 0 heterocycles. The summed E-state index contributed by atoms with van der Waals surface area (Å²) in [6.45, 7) is 4.85. The van der Waals surface area contributed by atoms with Gasteiger partial charge in [0.2, 0.25) is 5.91 Å². The second-order valence-corrected chi connectivity index (χ2v) is 4.79. The molecule has 1 atom stereocenters. The second-order valence-electron chi connectivity index (χ2n) is 4.38. The summed E-state index contributed by atoms with van der Waals surface area (Å²) in [5.41, 5.74) is 6.81. The van der Waals surface area contributed by atoms with E-state index in [9.17, 15) is 4.79 Å². The third kappa shape index (κ3) is 3.89. The molecule has 0 aromatic heterocycles. The minimum Gasteiger partial charge on any atom is -0.397 e. The number of hydrogen-bond acceptors (Lipinski definition) is 3. The van der Waals surface area contributed by atoms with Crippen LogP contribution in [0.1, 0.15) is 20.3 Å². The quantitative estimate of drug-likeness (QED) is 0.808. The number of nitrogen functional groups attached to an aromatic ring is 1. The van der Waals surface area contributed by atoms with Crippen molar-refractivity contribution in [2.75, 3.05) is 24.6 Å². The summed E-state index contributed by atoms with van der Waals surface area (Å²) in [5.74, 6) is -0.0485. The number of nitrogens with one attached hydrogen (secondary N) is 1. The van der Waals surface area contributed by atoms with Crippen LogP contribution in [0.2, 0.25) is 5.02 Å². The zero-order chi connectivity index (χ0) is 13.7. The lowest BCUT2D eigenvalue weighted by molar-refractivity contribution is -0.120. The van der Waals surface area contributed by atoms with Crippen LogP contribution in [0.15, 0.2) is 18.2 Å². The van der Waals surface area contributed by atoms with Crippen molar-refractivity contribution in [3.8, 4) is 0 Å². The number of rotatable bonds is 5. The van der Waals surface area contributed by atoms with Crippen LogP contribution in [-0.2, 0) is 4.79 Å². The number of anilines is 2. The van der Waals surface area contributed by atoms with Gasteiger partial charge in [-0.05, 0) is 45.1 Å². The first-order chi connectivity index (χ1) is 8.45. The van der Waals surface area contributed by atoms with Crippen molar-refractivity contribution in [2.24, 2.45) is 0 Å². The van der Waals surface area contributed by atoms with Gasteiger partial charge in [0.15, 0.2) is 0 Å². The van der Waals surface area contributed by atoms with Gasteiger partial charge in [-0.25, -0.2) is 0 Å². The number of likely N-dealkylation sites (N-methyl/N-ethyl adjacent to an activating group) is 1. The van der Waals surface area contributed by atoms with Crippen molar-refractivity contribution in [1.29, 1.82) is 0 Å². The summed E-state index contributed by atoms with van der Waals surface area (Å²) in [5, 5.41) is 3.32.